The number of hydrogen-bond acceptors (Lipinski definition) is 8. The van der Waals surface area contributed by atoms with Crippen LogP contribution in [0.15, 0.2) is 77.6 Å². The Balaban J connectivity index is 1.29. The van der Waals surface area contributed by atoms with Gasteiger partial charge in [-0.25, -0.2) is 0 Å². The maximum atomic E-state index is 13.6. The fourth-order valence-corrected chi connectivity index (χ4v) is 9.10. The molecule has 45 heavy (non-hydrogen) atoms. The number of nitrogens with zero attached hydrogens (tertiary/aromatic N) is 3. The predicted octanol–water partition coefficient (Wildman–Crippen LogP) is 4.79. The standard InChI is InChI=1S/C34H29N3O5S3/c1-42-23-13-11-22(12-14-23)37-26-9-5-8-24(26)25-16-21(10-15-27(25)37)17-28-31(40)35(19-29(38)39)33(44-28)30-32(41)36(34(43)45-30)18-20-6-3-2-4-7-20/h2-4,6-7,10-17,24,26H,5,8-9,18-19H2,1H3,(H,38,39)/b28-17+,33-30+. The second kappa shape index (κ2) is 12.0. The third kappa shape index (κ3) is 5.38. The molecule has 3 aliphatic rings. The van der Waals surface area contributed by atoms with Crippen LogP contribution in [0.2, 0.25) is 0 Å². The summed E-state index contributed by atoms with van der Waals surface area (Å²) in [4.78, 5) is 43.2. The van der Waals surface area contributed by atoms with Gasteiger partial charge in [-0.1, -0.05) is 66.8 Å². The largest absolute Gasteiger partial charge is 0.497 e. The molecule has 1 saturated heterocycles. The Bertz CT molecular complexity index is 2020. The molecular weight excluding hydrogens is 627 g/mol. The van der Waals surface area contributed by atoms with Crippen molar-refractivity contribution in [2.45, 2.75) is 44.3 Å². The highest BCUT2D eigenvalue weighted by molar-refractivity contribution is 8.30. The van der Waals surface area contributed by atoms with E-state index >= 15 is 0 Å². The van der Waals surface area contributed by atoms with Crippen LogP contribution in [0.25, 0.3) is 11.0 Å². The van der Waals surface area contributed by atoms with E-state index in [-0.39, 0.29) is 10.8 Å². The van der Waals surface area contributed by atoms with Crippen molar-refractivity contribution in [3.63, 3.8) is 0 Å². The Hall–Kier alpha value is -4.19. The Morgan fingerprint density at radius 2 is 1.84 bits per heavy atom. The topological polar surface area (TPSA) is 92.1 Å². The first-order valence-corrected chi connectivity index (χ1v) is 16.7. The average molecular weight is 656 g/mol. The van der Waals surface area contributed by atoms with Gasteiger partial charge in [-0.2, -0.15) is 0 Å². The van der Waals surface area contributed by atoms with E-state index in [1.165, 1.54) is 15.0 Å². The number of carbonyl (C=O) groups excluding carboxylic acids is 1. The van der Waals surface area contributed by atoms with Gasteiger partial charge in [0, 0.05) is 23.3 Å². The molecule has 2 fully saturated rings. The lowest BCUT2D eigenvalue weighted by atomic mass is 9.96. The van der Waals surface area contributed by atoms with Crippen molar-refractivity contribution in [2.75, 3.05) is 12.0 Å². The monoisotopic (exact) mass is 655 g/mol. The lowest BCUT2D eigenvalue weighted by Crippen LogP contribution is -2.35. The first kappa shape index (κ1) is 29.5. The number of aromatic nitrogens is 1. The molecule has 11 heteroatoms. The molecule has 1 aromatic heterocycles. The first-order valence-electron chi connectivity index (χ1n) is 14.6. The van der Waals surface area contributed by atoms with Crippen molar-refractivity contribution >= 4 is 73.9 Å². The molecule has 2 aliphatic heterocycles. The van der Waals surface area contributed by atoms with E-state index in [9.17, 15) is 19.5 Å². The Morgan fingerprint density at radius 1 is 1.07 bits per heavy atom. The molecule has 0 spiro atoms. The molecule has 2 atom stereocenters. The molecular formula is C34H29N3O5S3. The van der Waals surface area contributed by atoms with E-state index in [1.807, 2.05) is 48.5 Å². The van der Waals surface area contributed by atoms with Crippen LogP contribution in [0.3, 0.4) is 0 Å². The second-order valence-electron chi connectivity index (χ2n) is 11.3. The van der Waals surface area contributed by atoms with Crippen LogP contribution in [-0.2, 0) is 22.7 Å². The van der Waals surface area contributed by atoms with E-state index in [0.717, 1.165) is 70.6 Å². The minimum Gasteiger partial charge on any atom is -0.497 e. The Labute approximate surface area is 272 Å². The summed E-state index contributed by atoms with van der Waals surface area (Å²) in [5.41, 5.74) is 4.88. The number of rotatable bonds is 7. The third-order valence-corrected chi connectivity index (χ3v) is 11.3. The summed E-state index contributed by atoms with van der Waals surface area (Å²) >= 11 is 7.78. The number of hydrogen-bond donors (Lipinski definition) is 1. The molecule has 3 heterocycles. The number of carboxylic acid groups (broad SMARTS) is 1. The number of amides is 1. The molecule has 3 aromatic carbocycles. The Kier molecular flexibility index (Phi) is 7.84. The summed E-state index contributed by atoms with van der Waals surface area (Å²) in [5, 5.41) is 9.65. The van der Waals surface area contributed by atoms with Crippen molar-refractivity contribution in [2.24, 2.45) is 0 Å². The number of thiocarbonyl (C=S) groups is 1. The van der Waals surface area contributed by atoms with Gasteiger partial charge in [0.1, 0.15) is 26.2 Å². The number of benzene rings is 3. The maximum Gasteiger partial charge on any atom is 0.323 e. The van der Waals surface area contributed by atoms with Gasteiger partial charge in [-0.3, -0.25) is 23.9 Å². The summed E-state index contributed by atoms with van der Waals surface area (Å²) in [5.74, 6) is -0.288. The van der Waals surface area contributed by atoms with Crippen LogP contribution < -0.4 is 24.4 Å². The molecule has 4 aromatic rings. The van der Waals surface area contributed by atoms with Crippen molar-refractivity contribution in [3.8, 4) is 5.75 Å². The molecule has 1 amide bonds. The third-order valence-electron chi connectivity index (χ3n) is 8.60. The highest BCUT2D eigenvalue weighted by Crippen LogP contribution is 2.52. The number of aliphatic carboxylic acids is 1. The zero-order chi connectivity index (χ0) is 31.2. The van der Waals surface area contributed by atoms with E-state index in [1.54, 1.807) is 13.2 Å². The highest BCUT2D eigenvalue weighted by atomic mass is 32.2. The second-order valence-corrected chi connectivity index (χ2v) is 13.9. The predicted molar refractivity (Wildman–Crippen MR) is 182 cm³/mol. The number of anilines is 2. The molecule has 1 aliphatic carbocycles. The summed E-state index contributed by atoms with van der Waals surface area (Å²) in [6, 6.07) is 24.3. The summed E-state index contributed by atoms with van der Waals surface area (Å²) in [7, 11) is 1.66. The molecule has 8 nitrogen and oxygen atoms in total. The number of methoxy groups -OCH3 is 1. The van der Waals surface area contributed by atoms with Crippen molar-refractivity contribution in [3.05, 3.63) is 109 Å². The minimum absolute atomic E-state index is 0.275. The first-order chi connectivity index (χ1) is 21.8. The smallest absolute Gasteiger partial charge is 0.323 e. The highest BCUT2D eigenvalue weighted by Gasteiger charge is 2.42. The quantitative estimate of drug-likeness (QED) is 0.285. The zero-order valence-electron chi connectivity index (χ0n) is 24.3. The van der Waals surface area contributed by atoms with Gasteiger partial charge >= 0.3 is 5.97 Å². The zero-order valence-corrected chi connectivity index (χ0v) is 26.8. The van der Waals surface area contributed by atoms with Crippen molar-refractivity contribution in [1.82, 2.24) is 9.47 Å². The number of carbonyl (C=O) groups is 2. The molecule has 1 N–H and O–H groups in total. The van der Waals surface area contributed by atoms with Gasteiger partial charge < -0.3 is 14.7 Å². The molecule has 228 valence electrons. The van der Waals surface area contributed by atoms with Gasteiger partial charge in [-0.15, -0.1) is 11.3 Å². The van der Waals surface area contributed by atoms with Gasteiger partial charge in [0.25, 0.3) is 11.5 Å². The number of thioether (sulfide) groups is 1. The van der Waals surface area contributed by atoms with Crippen LogP contribution in [0, 0.1) is 0 Å². The SMILES string of the molecule is COc1ccc(N2c3ccc(/C=c4/s/c(=C5/SC(=S)N(Cc6ccccc6)C5=O)n(CC(=O)O)c4=O)cc3C3CCCC32)cc1. The van der Waals surface area contributed by atoms with Gasteiger partial charge in [-0.05, 0) is 72.0 Å². The van der Waals surface area contributed by atoms with Crippen LogP contribution in [0.4, 0.5) is 11.4 Å². The number of thiazole rings is 1. The lowest BCUT2D eigenvalue weighted by Gasteiger charge is -2.27. The fraction of sp³-hybridized carbons (Fsp3) is 0.235. The molecule has 1 saturated carbocycles. The summed E-state index contributed by atoms with van der Waals surface area (Å²) in [6.45, 7) is -0.251. The normalized spacial score (nSPS) is 20.6. The maximum absolute atomic E-state index is 13.6. The Morgan fingerprint density at radius 3 is 2.58 bits per heavy atom. The van der Waals surface area contributed by atoms with Gasteiger partial charge in [0.05, 0.1) is 18.2 Å². The van der Waals surface area contributed by atoms with Crippen LogP contribution in [0.1, 0.15) is 41.9 Å². The molecule has 0 bridgehead atoms. The summed E-state index contributed by atoms with van der Waals surface area (Å²) < 4.78 is 7.59. The van der Waals surface area contributed by atoms with E-state index in [2.05, 4.69) is 29.2 Å². The van der Waals surface area contributed by atoms with Crippen LogP contribution in [0.5, 0.6) is 5.75 Å². The molecule has 0 radical (unpaired) electrons. The van der Waals surface area contributed by atoms with E-state index < -0.39 is 18.1 Å². The van der Waals surface area contributed by atoms with Gasteiger partial charge in [0.15, 0.2) is 0 Å². The molecule has 2 unspecified atom stereocenters. The van der Waals surface area contributed by atoms with Crippen LogP contribution >= 0.6 is 35.3 Å². The van der Waals surface area contributed by atoms with E-state index in [4.69, 9.17) is 17.0 Å². The van der Waals surface area contributed by atoms with E-state index in [0.29, 0.717) is 32.0 Å². The van der Waals surface area contributed by atoms with Crippen molar-refractivity contribution < 1.29 is 19.4 Å². The fourth-order valence-electron chi connectivity index (χ4n) is 6.59. The molecule has 7 rings (SSSR count). The number of fused-ring (bicyclic) bond motifs is 3. The van der Waals surface area contributed by atoms with Crippen molar-refractivity contribution in [1.29, 1.82) is 0 Å². The average Bonchev–Trinajstić information content (AvgIpc) is 3.78. The lowest BCUT2D eigenvalue weighted by molar-refractivity contribution is -0.137. The number of carboxylic acids is 1. The summed E-state index contributed by atoms with van der Waals surface area (Å²) in [6.07, 6.45) is 5.16. The number of ether oxygens (including phenoxy) is 1. The van der Waals surface area contributed by atoms with Gasteiger partial charge in [0.2, 0.25) is 0 Å². The minimum atomic E-state index is -1.16. The van der Waals surface area contributed by atoms with Crippen LogP contribution in [-0.4, -0.2) is 43.9 Å².